The summed E-state index contributed by atoms with van der Waals surface area (Å²) < 4.78 is 1.48. The number of rotatable bonds is 2. The van der Waals surface area contributed by atoms with Crippen LogP contribution in [0.3, 0.4) is 0 Å². The molecule has 1 unspecified atom stereocenters. The maximum atomic E-state index is 6.12. The van der Waals surface area contributed by atoms with Crippen molar-refractivity contribution in [2.75, 3.05) is 17.2 Å². The van der Waals surface area contributed by atoms with Crippen molar-refractivity contribution < 1.29 is 0 Å². The molecule has 0 aliphatic heterocycles. The molecule has 0 radical (unpaired) electrons. The fourth-order valence-corrected chi connectivity index (χ4v) is 4.22. The Hall–Kier alpha value is -2.31. The van der Waals surface area contributed by atoms with Crippen LogP contribution in [0, 0.1) is 11.8 Å². The molecule has 1 atom stereocenters. The van der Waals surface area contributed by atoms with Gasteiger partial charge in [-0.2, -0.15) is 9.67 Å². The first-order chi connectivity index (χ1) is 11.1. The first kappa shape index (κ1) is 14.3. The zero-order chi connectivity index (χ0) is 16.0. The highest BCUT2D eigenvalue weighted by Gasteiger charge is 2.29. The van der Waals surface area contributed by atoms with Crippen LogP contribution in [0.5, 0.6) is 0 Å². The smallest absolute Gasteiger partial charge is 0.241 e. The minimum Gasteiger partial charge on any atom is -0.382 e. The molecule has 2 aromatic rings. The maximum Gasteiger partial charge on any atom is 0.241 e. The second-order valence-electron chi connectivity index (χ2n) is 6.79. The zero-order valence-corrected chi connectivity index (χ0v) is 13.2. The summed E-state index contributed by atoms with van der Waals surface area (Å²) >= 11 is 0. The van der Waals surface area contributed by atoms with Gasteiger partial charge in [-0.1, -0.05) is 25.7 Å². The molecule has 23 heavy (non-hydrogen) atoms. The van der Waals surface area contributed by atoms with Gasteiger partial charge in [0.15, 0.2) is 0 Å². The quantitative estimate of drug-likeness (QED) is 0.775. The lowest BCUT2D eigenvalue weighted by Gasteiger charge is -2.29. The Balaban J connectivity index is 1.68. The van der Waals surface area contributed by atoms with E-state index in [2.05, 4.69) is 21.1 Å². The van der Waals surface area contributed by atoms with Crippen LogP contribution < -0.4 is 17.2 Å². The Bertz CT molecular complexity index is 730. The number of aromatic nitrogens is 4. The van der Waals surface area contributed by atoms with Gasteiger partial charge >= 0.3 is 0 Å². The molecule has 0 amide bonds. The van der Waals surface area contributed by atoms with E-state index in [0.29, 0.717) is 11.5 Å². The summed E-state index contributed by atoms with van der Waals surface area (Å²) in [5, 5.41) is 4.13. The minimum absolute atomic E-state index is 0.142. The fourth-order valence-electron chi connectivity index (χ4n) is 4.22. The van der Waals surface area contributed by atoms with Crippen molar-refractivity contribution in [3.05, 3.63) is 17.3 Å². The van der Waals surface area contributed by atoms with Gasteiger partial charge in [-0.15, -0.1) is 5.10 Å². The number of anilines is 3. The molecular weight excluding hydrogens is 290 g/mol. The second kappa shape index (κ2) is 5.40. The van der Waals surface area contributed by atoms with E-state index in [4.69, 9.17) is 17.2 Å². The van der Waals surface area contributed by atoms with Crippen molar-refractivity contribution in [1.82, 2.24) is 19.7 Å². The molecule has 7 nitrogen and oxygen atoms in total. The summed E-state index contributed by atoms with van der Waals surface area (Å²) in [7, 11) is 0. The van der Waals surface area contributed by atoms with Crippen LogP contribution in [0.2, 0.25) is 0 Å². The molecule has 1 saturated carbocycles. The topological polar surface area (TPSA) is 122 Å². The first-order valence-electron chi connectivity index (χ1n) is 8.38. The van der Waals surface area contributed by atoms with Gasteiger partial charge in [0, 0.05) is 5.69 Å². The van der Waals surface area contributed by atoms with Crippen molar-refractivity contribution in [2.24, 2.45) is 11.8 Å². The summed E-state index contributed by atoms with van der Waals surface area (Å²) in [6, 6.07) is 2.07. The molecule has 2 aliphatic carbocycles. The fraction of sp³-hybridized carbons (Fsp3) is 0.562. The van der Waals surface area contributed by atoms with Crippen LogP contribution in [0.25, 0.3) is 5.69 Å². The Kier molecular flexibility index (Phi) is 3.36. The van der Waals surface area contributed by atoms with E-state index in [1.165, 1.54) is 42.3 Å². The van der Waals surface area contributed by atoms with Crippen LogP contribution in [-0.2, 0) is 12.8 Å². The predicted molar refractivity (Wildman–Crippen MR) is 89.9 cm³/mol. The summed E-state index contributed by atoms with van der Waals surface area (Å²) in [5.74, 6) is 2.44. The number of nitrogens with two attached hydrogens (primary N) is 3. The van der Waals surface area contributed by atoms with Crippen LogP contribution >= 0.6 is 0 Å². The SMILES string of the molecule is Nc1nc(N)n(-c2cc3c(nc2N)CCC(C2CCCC2)C3)n1. The molecule has 2 heterocycles. The average molecular weight is 313 g/mol. The van der Waals surface area contributed by atoms with Gasteiger partial charge in [0.25, 0.3) is 0 Å². The molecule has 1 fully saturated rings. The van der Waals surface area contributed by atoms with Crippen molar-refractivity contribution in [2.45, 2.75) is 44.9 Å². The first-order valence-corrected chi connectivity index (χ1v) is 8.38. The summed E-state index contributed by atoms with van der Waals surface area (Å²) in [6.07, 6.45) is 8.83. The summed E-state index contributed by atoms with van der Waals surface area (Å²) in [6.45, 7) is 0. The molecule has 2 aliphatic rings. The lowest BCUT2D eigenvalue weighted by Crippen LogP contribution is -2.23. The summed E-state index contributed by atoms with van der Waals surface area (Å²) in [4.78, 5) is 8.54. The second-order valence-corrected chi connectivity index (χ2v) is 6.79. The molecule has 122 valence electrons. The van der Waals surface area contributed by atoms with E-state index >= 15 is 0 Å². The van der Waals surface area contributed by atoms with Gasteiger partial charge in [0.2, 0.25) is 11.9 Å². The lowest BCUT2D eigenvalue weighted by molar-refractivity contribution is 0.302. The minimum atomic E-state index is 0.142. The highest BCUT2D eigenvalue weighted by Crippen LogP contribution is 2.39. The van der Waals surface area contributed by atoms with Gasteiger partial charge in [-0.05, 0) is 42.7 Å². The largest absolute Gasteiger partial charge is 0.382 e. The monoisotopic (exact) mass is 313 g/mol. The normalized spacial score (nSPS) is 21.5. The maximum absolute atomic E-state index is 6.12. The van der Waals surface area contributed by atoms with Crippen molar-refractivity contribution in [1.29, 1.82) is 0 Å². The molecule has 7 heteroatoms. The third-order valence-electron chi connectivity index (χ3n) is 5.38. The molecule has 0 saturated heterocycles. The van der Waals surface area contributed by atoms with E-state index in [1.807, 2.05) is 0 Å². The number of pyridine rings is 1. The van der Waals surface area contributed by atoms with Crippen LogP contribution in [0.4, 0.5) is 17.7 Å². The lowest BCUT2D eigenvalue weighted by atomic mass is 9.78. The molecule has 0 aromatic carbocycles. The molecular formula is C16H23N7. The Labute approximate surface area is 135 Å². The van der Waals surface area contributed by atoms with Gasteiger partial charge in [-0.3, -0.25) is 0 Å². The van der Waals surface area contributed by atoms with E-state index < -0.39 is 0 Å². The molecule has 0 spiro atoms. The van der Waals surface area contributed by atoms with Gasteiger partial charge in [0.05, 0.1) is 0 Å². The standard InChI is InChI=1S/C16H23N7/c17-14-13(23-16(19)21-15(18)22-23)8-11-7-10(5-6-12(11)20-14)9-3-1-2-4-9/h8-10H,1-7H2,(H2,17,20)(H4,18,19,21,22). The van der Waals surface area contributed by atoms with Crippen molar-refractivity contribution in [3.8, 4) is 5.69 Å². The van der Waals surface area contributed by atoms with Gasteiger partial charge in [-0.25, -0.2) is 4.98 Å². The highest BCUT2D eigenvalue weighted by molar-refractivity contribution is 5.57. The number of hydrogen-bond donors (Lipinski definition) is 3. The average Bonchev–Trinajstić information content (AvgIpc) is 3.16. The Morgan fingerprint density at radius 3 is 2.48 bits per heavy atom. The highest BCUT2D eigenvalue weighted by atomic mass is 15.4. The third-order valence-corrected chi connectivity index (χ3v) is 5.38. The number of aryl methyl sites for hydroxylation is 1. The van der Waals surface area contributed by atoms with Crippen LogP contribution in [0.1, 0.15) is 43.4 Å². The van der Waals surface area contributed by atoms with Gasteiger partial charge < -0.3 is 17.2 Å². The predicted octanol–water partition coefficient (Wildman–Crippen LogP) is 1.70. The molecule has 6 N–H and O–H groups in total. The Morgan fingerprint density at radius 2 is 1.78 bits per heavy atom. The Morgan fingerprint density at radius 1 is 1.00 bits per heavy atom. The number of hydrogen-bond acceptors (Lipinski definition) is 6. The third kappa shape index (κ3) is 2.50. The van der Waals surface area contributed by atoms with E-state index in [0.717, 1.165) is 30.4 Å². The van der Waals surface area contributed by atoms with E-state index in [1.54, 1.807) is 0 Å². The van der Waals surface area contributed by atoms with E-state index in [-0.39, 0.29) is 11.9 Å². The zero-order valence-electron chi connectivity index (χ0n) is 13.2. The number of nitrogens with zero attached hydrogens (tertiary/aromatic N) is 4. The molecule has 0 bridgehead atoms. The summed E-state index contributed by atoms with van der Waals surface area (Å²) in [5.41, 5.74) is 20.7. The van der Waals surface area contributed by atoms with Gasteiger partial charge in [0.1, 0.15) is 11.5 Å². The van der Waals surface area contributed by atoms with Crippen LogP contribution in [0.15, 0.2) is 6.07 Å². The van der Waals surface area contributed by atoms with E-state index in [9.17, 15) is 0 Å². The van der Waals surface area contributed by atoms with Crippen molar-refractivity contribution >= 4 is 17.7 Å². The molecule has 2 aromatic heterocycles. The number of nitrogen functional groups attached to an aromatic ring is 3. The van der Waals surface area contributed by atoms with Crippen molar-refractivity contribution in [3.63, 3.8) is 0 Å². The van der Waals surface area contributed by atoms with Crippen LogP contribution in [-0.4, -0.2) is 19.7 Å². The molecule has 4 rings (SSSR count). The number of fused-ring (bicyclic) bond motifs is 1.